The summed E-state index contributed by atoms with van der Waals surface area (Å²) in [6, 6.07) is 8.34. The van der Waals surface area contributed by atoms with Gasteiger partial charge in [0.2, 0.25) is 0 Å². The van der Waals surface area contributed by atoms with E-state index in [-0.39, 0.29) is 29.5 Å². The number of rotatable bonds is 9. The summed E-state index contributed by atoms with van der Waals surface area (Å²) in [6.07, 6.45) is 0.419. The average Bonchev–Trinajstić information content (AvgIpc) is 3.05. The first-order valence-corrected chi connectivity index (χ1v) is 11.1. The Kier molecular flexibility index (Phi) is 7.94. The van der Waals surface area contributed by atoms with E-state index in [1.807, 2.05) is 13.8 Å². The van der Waals surface area contributed by atoms with Gasteiger partial charge in [0.05, 0.1) is 24.8 Å². The van der Waals surface area contributed by atoms with Gasteiger partial charge in [-0.05, 0) is 68.7 Å². The molecule has 8 heteroatoms. The molecule has 0 saturated carbocycles. The van der Waals surface area contributed by atoms with Gasteiger partial charge in [-0.15, -0.1) is 0 Å². The number of ether oxygens (including phenoxy) is 3. The van der Waals surface area contributed by atoms with Crippen LogP contribution in [0.15, 0.2) is 42.0 Å². The molecule has 1 aliphatic rings. The lowest BCUT2D eigenvalue weighted by Crippen LogP contribution is -2.31. The third-order valence-electron chi connectivity index (χ3n) is 5.58. The molecule has 34 heavy (non-hydrogen) atoms. The third kappa shape index (κ3) is 5.07. The van der Waals surface area contributed by atoms with Gasteiger partial charge in [-0.3, -0.25) is 9.59 Å². The number of amides is 1. The monoisotopic (exact) mass is 471 g/mol. The zero-order valence-electron chi connectivity index (χ0n) is 20.1. The van der Waals surface area contributed by atoms with Crippen LogP contribution in [0.4, 0.5) is 4.39 Å². The summed E-state index contributed by atoms with van der Waals surface area (Å²) in [5.74, 6) is -1.36. The standard InChI is InChI=1S/C26H30FNO6/c1-15(2)34-20-10-8-17(14-21(20)33-5)23-22(24(29)18-7-9-19(27)16(3)13-18)25(30)26(31)28(23)11-6-12-32-4/h7-10,13-15,23,29H,6,11-12H2,1-5H3/b24-22-. The quantitative estimate of drug-likeness (QED) is 0.253. The summed E-state index contributed by atoms with van der Waals surface area (Å²) in [5, 5.41) is 11.1. The first-order chi connectivity index (χ1) is 16.2. The van der Waals surface area contributed by atoms with E-state index in [1.165, 1.54) is 30.2 Å². The number of carbonyl (C=O) groups is 2. The van der Waals surface area contributed by atoms with E-state index >= 15 is 0 Å². The number of benzene rings is 2. The van der Waals surface area contributed by atoms with Gasteiger partial charge in [-0.1, -0.05) is 6.07 Å². The van der Waals surface area contributed by atoms with E-state index in [0.717, 1.165) is 0 Å². The Bertz CT molecular complexity index is 1110. The van der Waals surface area contributed by atoms with E-state index < -0.39 is 23.5 Å². The maximum absolute atomic E-state index is 13.8. The van der Waals surface area contributed by atoms with Gasteiger partial charge in [-0.25, -0.2) is 4.39 Å². The van der Waals surface area contributed by atoms with E-state index in [2.05, 4.69) is 0 Å². The molecule has 2 aromatic carbocycles. The first kappa shape index (κ1) is 25.2. The normalized spacial score (nSPS) is 17.5. The van der Waals surface area contributed by atoms with Crippen molar-refractivity contribution in [1.29, 1.82) is 0 Å². The highest BCUT2D eigenvalue weighted by Gasteiger charge is 2.46. The molecule has 1 aliphatic heterocycles. The molecule has 1 unspecified atom stereocenters. The molecule has 0 aromatic heterocycles. The molecule has 2 aromatic rings. The molecule has 1 fully saturated rings. The molecule has 1 amide bonds. The molecular weight excluding hydrogens is 441 g/mol. The summed E-state index contributed by atoms with van der Waals surface area (Å²) in [7, 11) is 3.06. The first-order valence-electron chi connectivity index (χ1n) is 11.1. The van der Waals surface area contributed by atoms with E-state index in [4.69, 9.17) is 14.2 Å². The fraction of sp³-hybridized carbons (Fsp3) is 0.385. The van der Waals surface area contributed by atoms with Gasteiger partial charge in [0.15, 0.2) is 11.5 Å². The Labute approximate surface area is 198 Å². The number of Topliss-reactive ketones (excluding diaryl/α,β-unsaturated/α-hetero) is 1. The minimum Gasteiger partial charge on any atom is -0.507 e. The molecule has 1 saturated heterocycles. The SMILES string of the molecule is COCCCN1C(=O)C(=O)/C(=C(\O)c2ccc(F)c(C)c2)C1c1ccc(OC(C)C)c(OC)c1. The lowest BCUT2D eigenvalue weighted by molar-refractivity contribution is -0.140. The fourth-order valence-electron chi connectivity index (χ4n) is 3.99. The van der Waals surface area contributed by atoms with Crippen LogP contribution in [0.1, 0.15) is 43.0 Å². The van der Waals surface area contributed by atoms with Crippen LogP contribution in [0.25, 0.3) is 5.76 Å². The summed E-state index contributed by atoms with van der Waals surface area (Å²) in [4.78, 5) is 27.5. The van der Waals surface area contributed by atoms with Crippen molar-refractivity contribution in [2.45, 2.75) is 39.3 Å². The molecule has 0 aliphatic carbocycles. The van der Waals surface area contributed by atoms with Crippen LogP contribution in [0, 0.1) is 12.7 Å². The van der Waals surface area contributed by atoms with Crippen molar-refractivity contribution in [1.82, 2.24) is 4.90 Å². The van der Waals surface area contributed by atoms with Gasteiger partial charge >= 0.3 is 0 Å². The second-order valence-electron chi connectivity index (χ2n) is 8.38. The molecule has 1 heterocycles. The van der Waals surface area contributed by atoms with Crippen molar-refractivity contribution < 1.29 is 33.3 Å². The molecular formula is C26H30FNO6. The number of nitrogens with zero attached hydrogens (tertiary/aromatic N) is 1. The smallest absolute Gasteiger partial charge is 0.295 e. The zero-order valence-corrected chi connectivity index (χ0v) is 20.1. The third-order valence-corrected chi connectivity index (χ3v) is 5.58. The van der Waals surface area contributed by atoms with Crippen LogP contribution in [0.2, 0.25) is 0 Å². The van der Waals surface area contributed by atoms with Crippen LogP contribution in [0.3, 0.4) is 0 Å². The molecule has 3 rings (SSSR count). The highest BCUT2D eigenvalue weighted by Crippen LogP contribution is 2.42. The molecule has 0 radical (unpaired) electrons. The Balaban J connectivity index is 2.16. The number of aryl methyl sites for hydroxylation is 1. The summed E-state index contributed by atoms with van der Waals surface area (Å²) in [5.41, 5.74) is 1.08. The number of halogens is 1. The zero-order chi connectivity index (χ0) is 25.0. The lowest BCUT2D eigenvalue weighted by Gasteiger charge is -2.26. The molecule has 182 valence electrons. The highest BCUT2D eigenvalue weighted by atomic mass is 19.1. The number of aliphatic hydroxyl groups excluding tert-OH is 1. The Hall–Kier alpha value is -3.39. The van der Waals surface area contributed by atoms with Crippen molar-refractivity contribution in [3.63, 3.8) is 0 Å². The van der Waals surface area contributed by atoms with Crippen LogP contribution < -0.4 is 9.47 Å². The summed E-state index contributed by atoms with van der Waals surface area (Å²) >= 11 is 0. The van der Waals surface area contributed by atoms with Crippen LogP contribution in [0.5, 0.6) is 11.5 Å². The lowest BCUT2D eigenvalue weighted by atomic mass is 9.94. The Morgan fingerprint density at radius 1 is 1.12 bits per heavy atom. The van der Waals surface area contributed by atoms with Crippen molar-refractivity contribution in [2.24, 2.45) is 0 Å². The molecule has 1 atom stereocenters. The largest absolute Gasteiger partial charge is 0.507 e. The summed E-state index contributed by atoms with van der Waals surface area (Å²) < 4.78 is 30.2. The predicted octanol–water partition coefficient (Wildman–Crippen LogP) is 4.39. The minimum atomic E-state index is -0.857. The van der Waals surface area contributed by atoms with Crippen LogP contribution in [-0.2, 0) is 14.3 Å². The number of ketones is 1. The Morgan fingerprint density at radius 2 is 1.85 bits per heavy atom. The number of carbonyl (C=O) groups excluding carboxylic acids is 2. The topological polar surface area (TPSA) is 85.3 Å². The van der Waals surface area contributed by atoms with E-state index in [1.54, 1.807) is 32.2 Å². The predicted molar refractivity (Wildman–Crippen MR) is 125 cm³/mol. The van der Waals surface area contributed by atoms with Gasteiger partial charge in [0.1, 0.15) is 11.6 Å². The van der Waals surface area contributed by atoms with Crippen LogP contribution in [-0.4, -0.2) is 55.2 Å². The van der Waals surface area contributed by atoms with Crippen molar-refractivity contribution in [2.75, 3.05) is 27.4 Å². The number of methoxy groups -OCH3 is 2. The van der Waals surface area contributed by atoms with Gasteiger partial charge in [0.25, 0.3) is 11.7 Å². The molecule has 7 nitrogen and oxygen atoms in total. The molecule has 0 bridgehead atoms. The number of aliphatic hydroxyl groups is 1. The van der Waals surface area contributed by atoms with Crippen molar-refractivity contribution >= 4 is 17.4 Å². The second-order valence-corrected chi connectivity index (χ2v) is 8.38. The minimum absolute atomic E-state index is 0.0620. The molecule has 1 N–H and O–H groups in total. The fourth-order valence-corrected chi connectivity index (χ4v) is 3.99. The number of likely N-dealkylation sites (tertiary alicyclic amines) is 1. The Morgan fingerprint density at radius 3 is 2.47 bits per heavy atom. The summed E-state index contributed by atoms with van der Waals surface area (Å²) in [6.45, 7) is 5.99. The maximum atomic E-state index is 13.8. The van der Waals surface area contributed by atoms with Gasteiger partial charge in [0, 0.05) is 25.8 Å². The van der Waals surface area contributed by atoms with Crippen molar-refractivity contribution in [3.05, 3.63) is 64.5 Å². The highest BCUT2D eigenvalue weighted by molar-refractivity contribution is 6.46. The molecule has 0 spiro atoms. The van der Waals surface area contributed by atoms with Gasteiger partial charge < -0.3 is 24.2 Å². The van der Waals surface area contributed by atoms with E-state index in [9.17, 15) is 19.1 Å². The number of hydrogen-bond acceptors (Lipinski definition) is 6. The van der Waals surface area contributed by atoms with E-state index in [0.29, 0.717) is 35.7 Å². The van der Waals surface area contributed by atoms with Crippen LogP contribution >= 0.6 is 0 Å². The average molecular weight is 472 g/mol. The number of hydrogen-bond donors (Lipinski definition) is 1. The maximum Gasteiger partial charge on any atom is 0.295 e. The van der Waals surface area contributed by atoms with Gasteiger partial charge in [-0.2, -0.15) is 0 Å². The van der Waals surface area contributed by atoms with Crippen molar-refractivity contribution in [3.8, 4) is 11.5 Å². The second kappa shape index (κ2) is 10.7.